The van der Waals surface area contributed by atoms with Gasteiger partial charge >= 0.3 is 0 Å². The molecule has 0 saturated heterocycles. The molecule has 0 spiro atoms. The standard InChI is InChI=1S/C9H17NO2/c1-7(12-3)8(11)10-9(2)5-4-6-9/h7H,4-6H2,1-3H3,(H,10,11). The van der Waals surface area contributed by atoms with E-state index in [0.717, 1.165) is 12.8 Å². The molecule has 1 saturated carbocycles. The number of hydrogen-bond acceptors (Lipinski definition) is 2. The van der Waals surface area contributed by atoms with Gasteiger partial charge in [-0.3, -0.25) is 4.79 Å². The van der Waals surface area contributed by atoms with Gasteiger partial charge in [-0.1, -0.05) is 0 Å². The topological polar surface area (TPSA) is 38.3 Å². The molecule has 1 fully saturated rings. The number of nitrogens with one attached hydrogen (secondary N) is 1. The maximum absolute atomic E-state index is 11.3. The number of rotatable bonds is 3. The van der Waals surface area contributed by atoms with Crippen molar-refractivity contribution in [3.8, 4) is 0 Å². The Kier molecular flexibility index (Phi) is 2.73. The number of hydrogen-bond donors (Lipinski definition) is 1. The summed E-state index contributed by atoms with van der Waals surface area (Å²) in [6.45, 7) is 3.84. The molecule has 1 unspecified atom stereocenters. The summed E-state index contributed by atoms with van der Waals surface area (Å²) in [6.07, 6.45) is 3.07. The van der Waals surface area contributed by atoms with Crippen molar-refractivity contribution in [1.82, 2.24) is 5.32 Å². The second-order valence-electron chi connectivity index (χ2n) is 3.78. The van der Waals surface area contributed by atoms with E-state index in [2.05, 4.69) is 12.2 Å². The minimum atomic E-state index is -0.331. The normalized spacial score (nSPS) is 22.6. The Morgan fingerprint density at radius 2 is 2.17 bits per heavy atom. The van der Waals surface area contributed by atoms with Gasteiger partial charge in [0, 0.05) is 12.6 Å². The van der Waals surface area contributed by atoms with Gasteiger partial charge in [0.15, 0.2) is 0 Å². The number of carbonyl (C=O) groups is 1. The first-order valence-corrected chi connectivity index (χ1v) is 4.42. The molecule has 0 aromatic carbocycles. The van der Waals surface area contributed by atoms with Crippen LogP contribution in [0, 0.1) is 0 Å². The summed E-state index contributed by atoms with van der Waals surface area (Å²) in [5.41, 5.74) is 0.0455. The van der Waals surface area contributed by atoms with Gasteiger partial charge in [0.2, 0.25) is 5.91 Å². The lowest BCUT2D eigenvalue weighted by Crippen LogP contribution is -2.53. The van der Waals surface area contributed by atoms with Crippen molar-refractivity contribution in [3.05, 3.63) is 0 Å². The highest BCUT2D eigenvalue weighted by molar-refractivity contribution is 5.81. The number of carbonyl (C=O) groups excluding carboxylic acids is 1. The smallest absolute Gasteiger partial charge is 0.249 e. The average Bonchev–Trinajstić information content (AvgIpc) is 2.00. The van der Waals surface area contributed by atoms with E-state index in [0.29, 0.717) is 0 Å². The molecule has 1 amide bonds. The molecule has 0 radical (unpaired) electrons. The fourth-order valence-corrected chi connectivity index (χ4v) is 1.34. The average molecular weight is 171 g/mol. The lowest BCUT2D eigenvalue weighted by atomic mass is 9.78. The largest absolute Gasteiger partial charge is 0.372 e. The third-order valence-electron chi connectivity index (χ3n) is 2.60. The summed E-state index contributed by atoms with van der Waals surface area (Å²) in [6, 6.07) is 0. The Bertz CT molecular complexity index is 175. The van der Waals surface area contributed by atoms with Gasteiger partial charge in [0.25, 0.3) is 0 Å². The van der Waals surface area contributed by atoms with Crippen LogP contribution in [0.4, 0.5) is 0 Å². The van der Waals surface area contributed by atoms with Crippen molar-refractivity contribution in [1.29, 1.82) is 0 Å². The minimum absolute atomic E-state index is 0.000278. The third-order valence-corrected chi connectivity index (χ3v) is 2.60. The number of amides is 1. The summed E-state index contributed by atoms with van der Waals surface area (Å²) in [4.78, 5) is 11.3. The van der Waals surface area contributed by atoms with Gasteiger partial charge in [0.1, 0.15) is 6.10 Å². The van der Waals surface area contributed by atoms with Gasteiger partial charge in [0.05, 0.1) is 0 Å². The van der Waals surface area contributed by atoms with E-state index < -0.39 is 0 Å². The SMILES string of the molecule is COC(C)C(=O)NC1(C)CCC1. The van der Waals surface area contributed by atoms with Gasteiger partial charge in [-0.15, -0.1) is 0 Å². The highest BCUT2D eigenvalue weighted by Gasteiger charge is 2.34. The van der Waals surface area contributed by atoms with E-state index in [-0.39, 0.29) is 17.6 Å². The fraction of sp³-hybridized carbons (Fsp3) is 0.889. The molecule has 1 atom stereocenters. The minimum Gasteiger partial charge on any atom is -0.372 e. The van der Waals surface area contributed by atoms with Crippen LogP contribution >= 0.6 is 0 Å². The van der Waals surface area contributed by atoms with Crippen molar-refractivity contribution < 1.29 is 9.53 Å². The molecular weight excluding hydrogens is 154 g/mol. The quantitative estimate of drug-likeness (QED) is 0.690. The second-order valence-corrected chi connectivity index (χ2v) is 3.78. The highest BCUT2D eigenvalue weighted by atomic mass is 16.5. The fourth-order valence-electron chi connectivity index (χ4n) is 1.34. The number of ether oxygens (including phenoxy) is 1. The predicted octanol–water partition coefficient (Wildman–Crippen LogP) is 1.08. The first kappa shape index (κ1) is 9.52. The molecule has 12 heavy (non-hydrogen) atoms. The molecule has 3 nitrogen and oxygen atoms in total. The Balaban J connectivity index is 2.35. The second kappa shape index (κ2) is 3.44. The Morgan fingerprint density at radius 1 is 1.58 bits per heavy atom. The Morgan fingerprint density at radius 3 is 2.50 bits per heavy atom. The van der Waals surface area contributed by atoms with E-state index in [9.17, 15) is 4.79 Å². The van der Waals surface area contributed by atoms with E-state index >= 15 is 0 Å². The van der Waals surface area contributed by atoms with Crippen molar-refractivity contribution in [2.75, 3.05) is 7.11 Å². The molecule has 1 N–H and O–H groups in total. The van der Waals surface area contributed by atoms with E-state index in [4.69, 9.17) is 4.74 Å². The summed E-state index contributed by atoms with van der Waals surface area (Å²) in [5, 5.41) is 2.98. The van der Waals surface area contributed by atoms with Gasteiger partial charge in [-0.25, -0.2) is 0 Å². The van der Waals surface area contributed by atoms with Crippen LogP contribution in [0.25, 0.3) is 0 Å². The molecule has 1 rings (SSSR count). The van der Waals surface area contributed by atoms with Crippen LogP contribution in [0.1, 0.15) is 33.1 Å². The maximum atomic E-state index is 11.3. The van der Waals surface area contributed by atoms with E-state index in [1.54, 1.807) is 14.0 Å². The first-order valence-electron chi connectivity index (χ1n) is 4.42. The van der Waals surface area contributed by atoms with Crippen molar-refractivity contribution in [2.24, 2.45) is 0 Å². The Hall–Kier alpha value is -0.570. The zero-order chi connectivity index (χ0) is 9.19. The van der Waals surface area contributed by atoms with Crippen molar-refractivity contribution in [3.63, 3.8) is 0 Å². The first-order chi connectivity index (χ1) is 5.57. The molecule has 1 aliphatic carbocycles. The molecular formula is C9H17NO2. The lowest BCUT2D eigenvalue weighted by Gasteiger charge is -2.39. The summed E-state index contributed by atoms with van der Waals surface area (Å²) < 4.78 is 4.91. The molecule has 0 bridgehead atoms. The van der Waals surface area contributed by atoms with Crippen LogP contribution < -0.4 is 5.32 Å². The molecule has 0 aromatic rings. The van der Waals surface area contributed by atoms with Crippen molar-refractivity contribution in [2.45, 2.75) is 44.8 Å². The van der Waals surface area contributed by atoms with Crippen LogP contribution in [-0.4, -0.2) is 24.7 Å². The van der Waals surface area contributed by atoms with E-state index in [1.807, 2.05) is 0 Å². The maximum Gasteiger partial charge on any atom is 0.249 e. The molecule has 0 aromatic heterocycles. The van der Waals surface area contributed by atoms with Gasteiger partial charge < -0.3 is 10.1 Å². The number of methoxy groups -OCH3 is 1. The van der Waals surface area contributed by atoms with Crippen molar-refractivity contribution >= 4 is 5.91 Å². The van der Waals surface area contributed by atoms with Crippen LogP contribution in [0.5, 0.6) is 0 Å². The van der Waals surface area contributed by atoms with Crippen LogP contribution in [0.3, 0.4) is 0 Å². The van der Waals surface area contributed by atoms with Crippen LogP contribution in [-0.2, 0) is 9.53 Å². The lowest BCUT2D eigenvalue weighted by molar-refractivity contribution is -0.132. The molecule has 3 heteroatoms. The van der Waals surface area contributed by atoms with Gasteiger partial charge in [-0.2, -0.15) is 0 Å². The zero-order valence-electron chi connectivity index (χ0n) is 8.02. The highest BCUT2D eigenvalue weighted by Crippen LogP contribution is 2.30. The molecule has 70 valence electrons. The molecule has 0 heterocycles. The summed E-state index contributed by atoms with van der Waals surface area (Å²) >= 11 is 0. The summed E-state index contributed by atoms with van der Waals surface area (Å²) in [5.74, 6) is -0.000278. The summed E-state index contributed by atoms with van der Waals surface area (Å²) in [7, 11) is 1.55. The monoisotopic (exact) mass is 171 g/mol. The Labute approximate surface area is 73.5 Å². The molecule has 1 aliphatic rings. The zero-order valence-corrected chi connectivity index (χ0v) is 8.02. The molecule has 0 aliphatic heterocycles. The van der Waals surface area contributed by atoms with Crippen LogP contribution in [0.15, 0.2) is 0 Å². The third kappa shape index (κ3) is 1.97. The predicted molar refractivity (Wildman–Crippen MR) is 46.9 cm³/mol. The van der Waals surface area contributed by atoms with Crippen LogP contribution in [0.2, 0.25) is 0 Å². The van der Waals surface area contributed by atoms with E-state index in [1.165, 1.54) is 6.42 Å². The van der Waals surface area contributed by atoms with Gasteiger partial charge in [-0.05, 0) is 33.1 Å².